The third-order valence-electron chi connectivity index (χ3n) is 4.44. The van der Waals surface area contributed by atoms with Gasteiger partial charge in [0.25, 0.3) is 5.91 Å². The maximum absolute atomic E-state index is 12.7. The van der Waals surface area contributed by atoms with E-state index in [1.807, 2.05) is 37.3 Å². The van der Waals surface area contributed by atoms with E-state index in [0.29, 0.717) is 30.1 Å². The number of carbonyl (C=O) groups excluding carboxylic acids is 2. The topological polar surface area (TPSA) is 108 Å². The minimum Gasteiger partial charge on any atom is -0.486 e. The Balaban J connectivity index is 1.67. The zero-order chi connectivity index (χ0) is 21.3. The Morgan fingerprint density at radius 1 is 1.13 bits per heavy atom. The smallest absolute Gasteiger partial charge is 0.328 e. The molecule has 3 aromatic rings. The van der Waals surface area contributed by atoms with Crippen molar-refractivity contribution in [1.29, 1.82) is 0 Å². The lowest BCUT2D eigenvalue weighted by Gasteiger charge is -2.17. The molecule has 1 heterocycles. The average Bonchev–Trinajstić information content (AvgIpc) is 3.25. The molecule has 3 rings (SSSR count). The van der Waals surface area contributed by atoms with Crippen LogP contribution in [0.25, 0.3) is 0 Å². The number of hydrogen-bond donors (Lipinski definition) is 1. The summed E-state index contributed by atoms with van der Waals surface area (Å²) < 4.78 is 12.2. The predicted octanol–water partition coefficient (Wildman–Crippen LogP) is 1.79. The highest BCUT2D eigenvalue weighted by atomic mass is 16.5. The Bertz CT molecular complexity index is 990. The van der Waals surface area contributed by atoms with Crippen molar-refractivity contribution in [2.75, 3.05) is 7.11 Å². The number of nitrogens with zero attached hydrogens (tertiary/aromatic N) is 4. The fraction of sp³-hybridized carbons (Fsp3) is 0.286. The third kappa shape index (κ3) is 5.40. The van der Waals surface area contributed by atoms with Gasteiger partial charge in [-0.1, -0.05) is 36.4 Å². The number of aryl methyl sites for hydroxylation is 1. The van der Waals surface area contributed by atoms with Crippen LogP contribution in [0.15, 0.2) is 54.6 Å². The predicted molar refractivity (Wildman–Crippen MR) is 108 cm³/mol. The molecular formula is C21H23N5O4. The first kappa shape index (κ1) is 21.0. The molecule has 1 aromatic heterocycles. The SMILES string of the molecule is CCn1nnnc1COc1cccc(C(=O)NC(Cc2ccccc2)C(=O)OC)c1. The maximum Gasteiger partial charge on any atom is 0.328 e. The largest absolute Gasteiger partial charge is 0.486 e. The van der Waals surface area contributed by atoms with Gasteiger partial charge in [0.2, 0.25) is 0 Å². The van der Waals surface area contributed by atoms with Gasteiger partial charge in [0.05, 0.1) is 7.11 Å². The fourth-order valence-corrected chi connectivity index (χ4v) is 2.87. The minimum absolute atomic E-state index is 0.171. The molecule has 9 nitrogen and oxygen atoms in total. The van der Waals surface area contributed by atoms with Crippen LogP contribution in [0.2, 0.25) is 0 Å². The number of aromatic nitrogens is 4. The van der Waals surface area contributed by atoms with Gasteiger partial charge in [0, 0.05) is 18.5 Å². The van der Waals surface area contributed by atoms with Gasteiger partial charge in [-0.3, -0.25) is 4.79 Å². The van der Waals surface area contributed by atoms with Gasteiger partial charge in [-0.15, -0.1) is 5.10 Å². The first-order chi connectivity index (χ1) is 14.6. The number of benzene rings is 2. The van der Waals surface area contributed by atoms with Crippen LogP contribution in [0.5, 0.6) is 5.75 Å². The number of methoxy groups -OCH3 is 1. The Morgan fingerprint density at radius 3 is 2.67 bits per heavy atom. The highest BCUT2D eigenvalue weighted by Crippen LogP contribution is 2.15. The summed E-state index contributed by atoms with van der Waals surface area (Å²) in [5.41, 5.74) is 1.28. The summed E-state index contributed by atoms with van der Waals surface area (Å²) in [6.45, 7) is 2.73. The highest BCUT2D eigenvalue weighted by molar-refractivity contribution is 5.97. The third-order valence-corrected chi connectivity index (χ3v) is 4.44. The fourth-order valence-electron chi connectivity index (χ4n) is 2.87. The minimum atomic E-state index is -0.802. The molecule has 9 heteroatoms. The quantitative estimate of drug-likeness (QED) is 0.537. The first-order valence-corrected chi connectivity index (χ1v) is 9.51. The van der Waals surface area contributed by atoms with Gasteiger partial charge in [-0.2, -0.15) is 0 Å². The van der Waals surface area contributed by atoms with Crippen molar-refractivity contribution < 1.29 is 19.1 Å². The lowest BCUT2D eigenvalue weighted by Crippen LogP contribution is -2.43. The molecule has 0 saturated carbocycles. The summed E-state index contributed by atoms with van der Waals surface area (Å²) in [6.07, 6.45) is 0.328. The van der Waals surface area contributed by atoms with Gasteiger partial charge < -0.3 is 14.8 Å². The number of ether oxygens (including phenoxy) is 2. The Kier molecular flexibility index (Phi) is 7.09. The van der Waals surface area contributed by atoms with E-state index in [0.717, 1.165) is 5.56 Å². The van der Waals surface area contributed by atoms with E-state index in [1.165, 1.54) is 7.11 Å². The summed E-state index contributed by atoms with van der Waals surface area (Å²) in [4.78, 5) is 24.9. The van der Waals surface area contributed by atoms with Gasteiger partial charge in [-0.25, -0.2) is 9.48 Å². The number of rotatable bonds is 9. The monoisotopic (exact) mass is 409 g/mol. The van der Waals surface area contributed by atoms with E-state index < -0.39 is 17.9 Å². The number of nitrogens with one attached hydrogen (secondary N) is 1. The molecule has 0 radical (unpaired) electrons. The Morgan fingerprint density at radius 2 is 1.93 bits per heavy atom. The molecule has 2 aromatic carbocycles. The normalized spacial score (nSPS) is 11.5. The first-order valence-electron chi connectivity index (χ1n) is 9.51. The molecular weight excluding hydrogens is 386 g/mol. The highest BCUT2D eigenvalue weighted by Gasteiger charge is 2.22. The van der Waals surface area contributed by atoms with Crippen molar-refractivity contribution in [3.63, 3.8) is 0 Å². The van der Waals surface area contributed by atoms with Crippen molar-refractivity contribution in [1.82, 2.24) is 25.5 Å². The summed E-state index contributed by atoms with van der Waals surface area (Å²) in [7, 11) is 1.30. The van der Waals surface area contributed by atoms with Gasteiger partial charge in [-0.05, 0) is 41.1 Å². The van der Waals surface area contributed by atoms with Gasteiger partial charge >= 0.3 is 5.97 Å². The molecule has 0 aliphatic carbocycles. The van der Waals surface area contributed by atoms with Crippen LogP contribution in [-0.2, 0) is 29.1 Å². The van der Waals surface area contributed by atoms with E-state index in [1.54, 1.807) is 28.9 Å². The molecule has 1 atom stereocenters. The second kappa shape index (κ2) is 10.1. The van der Waals surface area contributed by atoms with Crippen molar-refractivity contribution >= 4 is 11.9 Å². The van der Waals surface area contributed by atoms with Crippen LogP contribution in [0.1, 0.15) is 28.7 Å². The van der Waals surface area contributed by atoms with E-state index in [-0.39, 0.29) is 6.61 Å². The van der Waals surface area contributed by atoms with Crippen LogP contribution in [-0.4, -0.2) is 45.2 Å². The van der Waals surface area contributed by atoms with Crippen LogP contribution >= 0.6 is 0 Å². The van der Waals surface area contributed by atoms with Crippen molar-refractivity contribution in [2.45, 2.75) is 32.5 Å². The molecule has 156 valence electrons. The van der Waals surface area contributed by atoms with E-state index in [9.17, 15) is 9.59 Å². The molecule has 0 spiro atoms. The molecule has 1 N–H and O–H groups in total. The van der Waals surface area contributed by atoms with Crippen LogP contribution < -0.4 is 10.1 Å². The van der Waals surface area contributed by atoms with Crippen LogP contribution in [0, 0.1) is 0 Å². The summed E-state index contributed by atoms with van der Waals surface area (Å²) in [5, 5.41) is 14.1. The van der Waals surface area contributed by atoms with Crippen molar-refractivity contribution in [3.8, 4) is 5.75 Å². The summed E-state index contributed by atoms with van der Waals surface area (Å²) in [6, 6.07) is 15.3. The van der Waals surface area contributed by atoms with Gasteiger partial charge in [0.1, 0.15) is 18.4 Å². The molecule has 1 amide bonds. The molecule has 1 unspecified atom stereocenters. The second-order valence-corrected chi connectivity index (χ2v) is 6.47. The molecule has 0 bridgehead atoms. The number of carbonyl (C=O) groups is 2. The summed E-state index contributed by atoms with van der Waals surface area (Å²) in [5.74, 6) is 0.170. The van der Waals surface area contributed by atoms with Gasteiger partial charge in [0.15, 0.2) is 5.82 Å². The van der Waals surface area contributed by atoms with Crippen LogP contribution in [0.3, 0.4) is 0 Å². The zero-order valence-corrected chi connectivity index (χ0v) is 16.8. The standard InChI is InChI=1S/C21H23N5O4/c1-3-26-19(23-24-25-26)14-30-17-11-7-10-16(13-17)20(27)22-18(21(28)29-2)12-15-8-5-4-6-9-15/h4-11,13,18H,3,12,14H2,1-2H3,(H,22,27). The lowest BCUT2D eigenvalue weighted by atomic mass is 10.1. The van der Waals surface area contributed by atoms with E-state index >= 15 is 0 Å². The van der Waals surface area contributed by atoms with E-state index in [2.05, 4.69) is 20.8 Å². The van der Waals surface area contributed by atoms with E-state index in [4.69, 9.17) is 9.47 Å². The lowest BCUT2D eigenvalue weighted by molar-refractivity contribution is -0.142. The number of amides is 1. The molecule has 0 fully saturated rings. The number of tetrazole rings is 1. The van der Waals surface area contributed by atoms with Crippen molar-refractivity contribution in [2.24, 2.45) is 0 Å². The molecule has 0 saturated heterocycles. The van der Waals surface area contributed by atoms with Crippen LogP contribution in [0.4, 0.5) is 0 Å². The molecule has 0 aliphatic heterocycles. The molecule has 30 heavy (non-hydrogen) atoms. The summed E-state index contributed by atoms with van der Waals surface area (Å²) >= 11 is 0. The Hall–Kier alpha value is -3.75. The molecule has 0 aliphatic rings. The number of esters is 1. The maximum atomic E-state index is 12.7. The average molecular weight is 409 g/mol. The Labute approximate surface area is 174 Å². The van der Waals surface area contributed by atoms with Crippen molar-refractivity contribution in [3.05, 3.63) is 71.5 Å². The number of hydrogen-bond acceptors (Lipinski definition) is 7. The zero-order valence-electron chi connectivity index (χ0n) is 16.8. The second-order valence-electron chi connectivity index (χ2n) is 6.47.